The fourth-order valence-electron chi connectivity index (χ4n) is 1.64. The average molecular weight is 298 g/mol. The Balaban J connectivity index is 2.80. The maximum Gasteiger partial charge on any atom is 0.353 e. The van der Waals surface area contributed by atoms with Crippen molar-refractivity contribution < 1.29 is 19.4 Å². The van der Waals surface area contributed by atoms with Crippen LogP contribution in [0.4, 0.5) is 0 Å². The molecule has 0 fully saturated rings. The van der Waals surface area contributed by atoms with Crippen LogP contribution in [-0.2, 0) is 4.74 Å². The van der Waals surface area contributed by atoms with Gasteiger partial charge >= 0.3 is 11.9 Å². The third-order valence-corrected chi connectivity index (χ3v) is 2.86. The van der Waals surface area contributed by atoms with Gasteiger partial charge in [0.05, 0.1) is 12.7 Å². The summed E-state index contributed by atoms with van der Waals surface area (Å²) in [5, 5.41) is 9.56. The smallest absolute Gasteiger partial charge is 0.353 e. The number of carbonyl (C=O) groups excluding carboxylic acids is 1. The van der Waals surface area contributed by atoms with Gasteiger partial charge in [0.15, 0.2) is 0 Å². The van der Waals surface area contributed by atoms with Gasteiger partial charge in [-0.3, -0.25) is 0 Å². The molecule has 5 nitrogen and oxygen atoms in total. The molecule has 0 atom stereocenters. The summed E-state index contributed by atoms with van der Waals surface area (Å²) in [4.78, 5) is 25.3. The van der Waals surface area contributed by atoms with Crippen LogP contribution in [0.3, 0.4) is 0 Å². The Bertz CT molecular complexity index is 617. The van der Waals surface area contributed by atoms with Crippen molar-refractivity contribution in [2.24, 2.45) is 0 Å². The second-order valence-corrected chi connectivity index (χ2v) is 4.28. The lowest BCUT2D eigenvalue weighted by molar-refractivity contribution is 0.0584. The molecule has 6 heteroatoms. The van der Waals surface area contributed by atoms with E-state index in [2.05, 4.69) is 25.7 Å². The molecule has 0 aliphatic rings. The van der Waals surface area contributed by atoms with Crippen molar-refractivity contribution in [2.45, 2.75) is 0 Å². The molecule has 1 aromatic heterocycles. The van der Waals surface area contributed by atoms with Crippen LogP contribution in [-0.4, -0.2) is 29.1 Å². The number of H-pyrrole nitrogens is 1. The minimum atomic E-state index is -1.20. The predicted octanol–water partition coefficient (Wildman–Crippen LogP) is 2.42. The summed E-state index contributed by atoms with van der Waals surface area (Å²) in [6.45, 7) is 0. The lowest BCUT2D eigenvalue weighted by Crippen LogP contribution is -2.08. The van der Waals surface area contributed by atoms with Gasteiger partial charge in [-0.05, 0) is 12.1 Å². The first-order chi connectivity index (χ1) is 8.04. The fourth-order valence-corrected chi connectivity index (χ4v) is 2.01. The zero-order valence-corrected chi connectivity index (χ0v) is 10.4. The van der Waals surface area contributed by atoms with Crippen molar-refractivity contribution in [3.05, 3.63) is 33.9 Å². The highest BCUT2D eigenvalue weighted by molar-refractivity contribution is 9.10. The highest BCUT2D eigenvalue weighted by atomic mass is 79.9. The van der Waals surface area contributed by atoms with E-state index >= 15 is 0 Å². The van der Waals surface area contributed by atoms with E-state index in [1.54, 1.807) is 18.2 Å². The summed E-state index contributed by atoms with van der Waals surface area (Å²) < 4.78 is 5.38. The average Bonchev–Trinajstić information content (AvgIpc) is 2.66. The normalized spacial score (nSPS) is 10.5. The number of halogens is 1. The Labute approximate surface area is 105 Å². The number of esters is 1. The van der Waals surface area contributed by atoms with Crippen molar-refractivity contribution in [3.63, 3.8) is 0 Å². The molecule has 2 rings (SSSR count). The summed E-state index contributed by atoms with van der Waals surface area (Å²) in [5.41, 5.74) is 0.449. The van der Waals surface area contributed by atoms with Crippen LogP contribution in [0.25, 0.3) is 10.9 Å². The van der Waals surface area contributed by atoms with Crippen LogP contribution in [0.15, 0.2) is 22.7 Å². The SMILES string of the molecule is COC(=O)c1c(C(=O)O)[nH]c2cc(Br)ccc12. The number of benzene rings is 1. The highest BCUT2D eigenvalue weighted by Crippen LogP contribution is 2.26. The first-order valence-electron chi connectivity index (χ1n) is 4.67. The van der Waals surface area contributed by atoms with Gasteiger partial charge in [0.25, 0.3) is 0 Å². The molecule has 0 radical (unpaired) electrons. The fraction of sp³-hybridized carbons (Fsp3) is 0.0909. The van der Waals surface area contributed by atoms with Gasteiger partial charge in [-0.25, -0.2) is 9.59 Å². The van der Waals surface area contributed by atoms with Gasteiger partial charge in [-0.2, -0.15) is 0 Å². The van der Waals surface area contributed by atoms with Crippen LogP contribution < -0.4 is 0 Å². The van der Waals surface area contributed by atoms with E-state index in [0.29, 0.717) is 10.9 Å². The van der Waals surface area contributed by atoms with Crippen molar-refractivity contribution in [1.82, 2.24) is 4.98 Å². The van der Waals surface area contributed by atoms with Crippen LogP contribution in [0, 0.1) is 0 Å². The van der Waals surface area contributed by atoms with E-state index in [1.165, 1.54) is 7.11 Å². The molecule has 0 bridgehead atoms. The zero-order chi connectivity index (χ0) is 12.6. The van der Waals surface area contributed by atoms with Crippen LogP contribution in [0.5, 0.6) is 0 Å². The molecule has 2 N–H and O–H groups in total. The number of aromatic nitrogens is 1. The molecular formula is C11H8BrNO4. The van der Waals surface area contributed by atoms with Crippen LogP contribution in [0.2, 0.25) is 0 Å². The van der Waals surface area contributed by atoms with E-state index in [0.717, 1.165) is 4.47 Å². The highest BCUT2D eigenvalue weighted by Gasteiger charge is 2.23. The molecule has 0 amide bonds. The lowest BCUT2D eigenvalue weighted by Gasteiger charge is -1.98. The van der Waals surface area contributed by atoms with Crippen LogP contribution >= 0.6 is 15.9 Å². The maximum atomic E-state index is 11.6. The number of methoxy groups -OCH3 is 1. The number of aromatic amines is 1. The first-order valence-corrected chi connectivity index (χ1v) is 5.46. The molecule has 0 saturated carbocycles. The van der Waals surface area contributed by atoms with Gasteiger partial charge in [-0.15, -0.1) is 0 Å². The van der Waals surface area contributed by atoms with Crippen molar-refractivity contribution >= 4 is 38.8 Å². The van der Waals surface area contributed by atoms with Gasteiger partial charge < -0.3 is 14.8 Å². The number of carboxylic acids is 1. The summed E-state index contributed by atoms with van der Waals surface area (Å²) >= 11 is 3.27. The molecule has 17 heavy (non-hydrogen) atoms. The molecule has 0 unspecified atom stereocenters. The van der Waals surface area contributed by atoms with Crippen molar-refractivity contribution in [3.8, 4) is 0 Å². The Morgan fingerprint density at radius 2 is 2.12 bits per heavy atom. The summed E-state index contributed by atoms with van der Waals surface area (Å²) in [5.74, 6) is -1.87. The molecular weight excluding hydrogens is 290 g/mol. The minimum absolute atomic E-state index is 0.0440. The number of hydrogen-bond donors (Lipinski definition) is 2. The first kappa shape index (κ1) is 11.7. The molecule has 0 aliphatic carbocycles. The summed E-state index contributed by atoms with van der Waals surface area (Å²) in [7, 11) is 1.21. The van der Waals surface area contributed by atoms with E-state index in [1.807, 2.05) is 0 Å². The standard InChI is InChI=1S/C11H8BrNO4/c1-17-11(16)8-6-3-2-5(12)4-7(6)13-9(8)10(14)15/h2-4,13H,1H3,(H,14,15). The van der Waals surface area contributed by atoms with E-state index in [9.17, 15) is 9.59 Å². The van der Waals surface area contributed by atoms with Gasteiger partial charge in [0, 0.05) is 15.4 Å². The summed E-state index contributed by atoms with van der Waals surface area (Å²) in [6, 6.07) is 5.09. The number of fused-ring (bicyclic) bond motifs is 1. The maximum absolute atomic E-state index is 11.6. The van der Waals surface area contributed by atoms with E-state index < -0.39 is 11.9 Å². The van der Waals surface area contributed by atoms with Crippen LogP contribution in [0.1, 0.15) is 20.8 Å². The number of aromatic carboxylic acids is 1. The Hall–Kier alpha value is -1.82. The topological polar surface area (TPSA) is 79.4 Å². The summed E-state index contributed by atoms with van der Waals surface area (Å²) in [6.07, 6.45) is 0. The monoisotopic (exact) mass is 297 g/mol. The molecule has 1 aromatic carbocycles. The van der Waals surface area contributed by atoms with Gasteiger partial charge in [0.2, 0.25) is 0 Å². The minimum Gasteiger partial charge on any atom is -0.477 e. The Kier molecular flexibility index (Phi) is 2.89. The van der Waals surface area contributed by atoms with Crippen molar-refractivity contribution in [2.75, 3.05) is 7.11 Å². The van der Waals surface area contributed by atoms with Gasteiger partial charge in [0.1, 0.15) is 5.69 Å². The second-order valence-electron chi connectivity index (χ2n) is 3.36. The number of carboxylic acid groups (broad SMARTS) is 1. The van der Waals surface area contributed by atoms with Gasteiger partial charge in [-0.1, -0.05) is 22.0 Å². The van der Waals surface area contributed by atoms with E-state index in [-0.39, 0.29) is 11.3 Å². The third-order valence-electron chi connectivity index (χ3n) is 2.36. The predicted molar refractivity (Wildman–Crippen MR) is 64.3 cm³/mol. The molecule has 88 valence electrons. The molecule has 0 aliphatic heterocycles. The quantitative estimate of drug-likeness (QED) is 0.834. The number of nitrogens with one attached hydrogen (secondary N) is 1. The number of carbonyl (C=O) groups is 2. The third kappa shape index (κ3) is 1.91. The molecule has 2 aromatic rings. The lowest BCUT2D eigenvalue weighted by atomic mass is 10.1. The molecule has 0 spiro atoms. The molecule has 1 heterocycles. The zero-order valence-electron chi connectivity index (χ0n) is 8.78. The Morgan fingerprint density at radius 3 is 2.71 bits per heavy atom. The van der Waals surface area contributed by atoms with E-state index in [4.69, 9.17) is 5.11 Å². The number of rotatable bonds is 2. The number of ether oxygens (including phenoxy) is 1. The largest absolute Gasteiger partial charge is 0.477 e. The second kappa shape index (κ2) is 4.21. The molecule has 0 saturated heterocycles. The van der Waals surface area contributed by atoms with Crippen molar-refractivity contribution in [1.29, 1.82) is 0 Å². The Morgan fingerprint density at radius 1 is 1.41 bits per heavy atom. The number of hydrogen-bond acceptors (Lipinski definition) is 3.